The van der Waals surface area contributed by atoms with E-state index in [1.54, 1.807) is 13.2 Å². The number of aromatic nitrogens is 3. The number of carbonyl (C=O) groups excluding carboxylic acids is 1. The Kier molecular flexibility index (Phi) is 7.39. The van der Waals surface area contributed by atoms with Gasteiger partial charge in [0.2, 0.25) is 0 Å². The van der Waals surface area contributed by atoms with Gasteiger partial charge in [-0.3, -0.25) is 4.79 Å². The summed E-state index contributed by atoms with van der Waals surface area (Å²) in [5.41, 5.74) is 3.23. The molecule has 3 N–H and O–H groups in total. The number of amides is 1. The first-order valence-corrected chi connectivity index (χ1v) is 13.0. The summed E-state index contributed by atoms with van der Waals surface area (Å²) in [6.07, 6.45) is 10.7. The van der Waals surface area contributed by atoms with Crippen molar-refractivity contribution in [3.63, 3.8) is 0 Å². The second kappa shape index (κ2) is 10.8. The van der Waals surface area contributed by atoms with Crippen molar-refractivity contribution in [3.05, 3.63) is 35.5 Å². The first-order valence-electron chi connectivity index (χ1n) is 12.6. The molecule has 1 aliphatic heterocycles. The van der Waals surface area contributed by atoms with Crippen molar-refractivity contribution in [2.75, 3.05) is 32.1 Å². The highest BCUT2D eigenvalue weighted by molar-refractivity contribution is 6.34. The fourth-order valence-electron chi connectivity index (χ4n) is 5.20. The lowest BCUT2D eigenvalue weighted by atomic mass is 9.92. The molecule has 1 saturated heterocycles. The summed E-state index contributed by atoms with van der Waals surface area (Å²) in [5.74, 6) is 1.16. The van der Waals surface area contributed by atoms with Crippen LogP contribution in [-0.4, -0.2) is 64.6 Å². The van der Waals surface area contributed by atoms with Crippen molar-refractivity contribution in [3.8, 4) is 17.1 Å². The summed E-state index contributed by atoms with van der Waals surface area (Å²) in [7, 11) is 1.58. The predicted octanol–water partition coefficient (Wildman–Crippen LogP) is 4.61. The van der Waals surface area contributed by atoms with Crippen LogP contribution >= 0.6 is 11.6 Å². The number of rotatable bonds is 7. The molecule has 35 heavy (non-hydrogen) atoms. The quantitative estimate of drug-likeness (QED) is 0.442. The number of imidazole rings is 1. The molecule has 1 aromatic carbocycles. The Morgan fingerprint density at radius 2 is 1.89 bits per heavy atom. The maximum absolute atomic E-state index is 11.4. The zero-order valence-electron chi connectivity index (χ0n) is 20.1. The van der Waals surface area contributed by atoms with E-state index in [-0.39, 0.29) is 12.5 Å². The topological polar surface area (TPSA) is 95.2 Å². The minimum atomic E-state index is -0.172. The number of nitrogens with one attached hydrogen (secondary N) is 3. The largest absolute Gasteiger partial charge is 0.484 e. The highest BCUT2D eigenvalue weighted by Crippen LogP contribution is 2.33. The maximum Gasteiger partial charge on any atom is 0.257 e. The first-order chi connectivity index (χ1) is 17.1. The standard InChI is InChI=1S/C26H33ClN6O2/c1-28-22(34)16-35-20-9-7-17(8-10-20)25-31-24-23(21(27)15-29-26(24)32-25)30-18-11-13-33(14-12-18)19-5-3-2-4-6-19/h7-10,15,18-19H,2-6,11-14,16H2,1H3,(H,28,34)(H2,29,30,31,32). The SMILES string of the molecule is CNC(=O)COc1ccc(-c2nc3ncc(Cl)c(NC4CCN(C5CCCCC5)CC4)c3[nH]2)cc1. The van der Waals surface area contributed by atoms with Crippen molar-refractivity contribution < 1.29 is 9.53 Å². The average Bonchev–Trinajstić information content (AvgIpc) is 3.35. The molecule has 1 aliphatic carbocycles. The number of hydrogen-bond acceptors (Lipinski definition) is 6. The van der Waals surface area contributed by atoms with Crippen LogP contribution in [0.15, 0.2) is 30.5 Å². The third-order valence-electron chi connectivity index (χ3n) is 7.22. The Morgan fingerprint density at radius 1 is 1.14 bits per heavy atom. The molecule has 1 amide bonds. The van der Waals surface area contributed by atoms with E-state index in [4.69, 9.17) is 16.3 Å². The van der Waals surface area contributed by atoms with Crippen molar-refractivity contribution in [1.82, 2.24) is 25.2 Å². The number of H-pyrrole nitrogens is 1. The first kappa shape index (κ1) is 23.9. The van der Waals surface area contributed by atoms with E-state index in [1.165, 1.54) is 32.1 Å². The van der Waals surface area contributed by atoms with E-state index >= 15 is 0 Å². The van der Waals surface area contributed by atoms with Crippen LogP contribution in [0.5, 0.6) is 5.75 Å². The molecule has 0 bridgehead atoms. The van der Waals surface area contributed by atoms with Crippen LogP contribution in [0.2, 0.25) is 5.02 Å². The number of carbonyl (C=O) groups is 1. The molecule has 2 aliphatic rings. The van der Waals surface area contributed by atoms with Crippen LogP contribution in [-0.2, 0) is 4.79 Å². The third kappa shape index (κ3) is 5.54. The number of likely N-dealkylation sites (N-methyl/N-ethyl adjacent to an activating group) is 1. The summed E-state index contributed by atoms with van der Waals surface area (Å²) in [5, 5.41) is 6.83. The van der Waals surface area contributed by atoms with Gasteiger partial charge in [0.25, 0.3) is 5.91 Å². The Bertz CT molecular complexity index is 1150. The fraction of sp³-hybridized carbons (Fsp3) is 0.500. The van der Waals surface area contributed by atoms with Gasteiger partial charge in [0.1, 0.15) is 17.1 Å². The Balaban J connectivity index is 1.27. The van der Waals surface area contributed by atoms with Crippen LogP contribution in [0.3, 0.4) is 0 Å². The van der Waals surface area contributed by atoms with Gasteiger partial charge in [-0.15, -0.1) is 0 Å². The molecule has 2 aromatic heterocycles. The number of aromatic amines is 1. The van der Waals surface area contributed by atoms with Crippen LogP contribution in [0.25, 0.3) is 22.6 Å². The number of piperidine rings is 1. The number of benzene rings is 1. The van der Waals surface area contributed by atoms with Crippen LogP contribution in [0, 0.1) is 0 Å². The van der Waals surface area contributed by atoms with E-state index in [2.05, 4.69) is 30.5 Å². The molecule has 3 heterocycles. The molecule has 1 saturated carbocycles. The van der Waals surface area contributed by atoms with Crippen molar-refractivity contribution in [2.45, 2.75) is 57.0 Å². The van der Waals surface area contributed by atoms with Gasteiger partial charge >= 0.3 is 0 Å². The van der Waals surface area contributed by atoms with Crippen molar-refractivity contribution in [1.29, 1.82) is 0 Å². The molecule has 9 heteroatoms. The summed E-state index contributed by atoms with van der Waals surface area (Å²) >= 11 is 6.59. The molecule has 0 unspecified atom stereocenters. The minimum absolute atomic E-state index is 0.0164. The number of ether oxygens (including phenoxy) is 1. The Morgan fingerprint density at radius 3 is 2.60 bits per heavy atom. The van der Waals surface area contributed by atoms with Gasteiger partial charge in [-0.25, -0.2) is 9.97 Å². The normalized spacial score (nSPS) is 18.0. The third-order valence-corrected chi connectivity index (χ3v) is 7.51. The monoisotopic (exact) mass is 496 g/mol. The predicted molar refractivity (Wildman–Crippen MR) is 139 cm³/mol. The zero-order valence-corrected chi connectivity index (χ0v) is 20.9. The number of nitrogens with zero attached hydrogens (tertiary/aromatic N) is 3. The molecule has 0 spiro atoms. The van der Waals surface area contributed by atoms with Gasteiger partial charge in [-0.1, -0.05) is 30.9 Å². The number of hydrogen-bond donors (Lipinski definition) is 3. The second-order valence-electron chi connectivity index (χ2n) is 9.50. The van der Waals surface area contributed by atoms with Gasteiger partial charge in [-0.2, -0.15) is 0 Å². The minimum Gasteiger partial charge on any atom is -0.484 e. The van der Waals surface area contributed by atoms with Gasteiger partial charge in [0.15, 0.2) is 12.3 Å². The molecular formula is C26H33ClN6O2. The van der Waals surface area contributed by atoms with Crippen LogP contribution in [0.4, 0.5) is 5.69 Å². The van der Waals surface area contributed by atoms with Gasteiger partial charge in [0.05, 0.1) is 16.9 Å². The molecule has 0 radical (unpaired) electrons. The molecule has 3 aromatic rings. The van der Waals surface area contributed by atoms with E-state index in [0.717, 1.165) is 48.7 Å². The summed E-state index contributed by atoms with van der Waals surface area (Å²) in [4.78, 5) is 26.6. The highest BCUT2D eigenvalue weighted by atomic mass is 35.5. The van der Waals surface area contributed by atoms with Gasteiger partial charge in [-0.05, 0) is 49.9 Å². The molecular weight excluding hydrogens is 464 g/mol. The fourth-order valence-corrected chi connectivity index (χ4v) is 5.40. The van der Waals surface area contributed by atoms with E-state index in [9.17, 15) is 4.79 Å². The van der Waals surface area contributed by atoms with Crippen LogP contribution < -0.4 is 15.4 Å². The number of fused-ring (bicyclic) bond motifs is 1. The molecule has 2 fully saturated rings. The van der Waals surface area contributed by atoms with E-state index in [1.807, 2.05) is 24.3 Å². The van der Waals surface area contributed by atoms with E-state index < -0.39 is 0 Å². The molecule has 5 rings (SSSR count). The zero-order chi connectivity index (χ0) is 24.2. The van der Waals surface area contributed by atoms with Gasteiger partial charge < -0.3 is 25.3 Å². The number of likely N-dealkylation sites (tertiary alicyclic amines) is 1. The lowest BCUT2D eigenvalue weighted by Gasteiger charge is -2.39. The number of anilines is 1. The van der Waals surface area contributed by atoms with Crippen LogP contribution in [0.1, 0.15) is 44.9 Å². The summed E-state index contributed by atoms with van der Waals surface area (Å²) in [6.45, 7) is 2.25. The van der Waals surface area contributed by atoms with Gasteiger partial charge in [0, 0.05) is 37.8 Å². The highest BCUT2D eigenvalue weighted by Gasteiger charge is 2.27. The number of halogens is 1. The lowest BCUT2D eigenvalue weighted by molar-refractivity contribution is -0.122. The Hall–Kier alpha value is -2.84. The Labute approximate surface area is 210 Å². The second-order valence-corrected chi connectivity index (χ2v) is 9.90. The lowest BCUT2D eigenvalue weighted by Crippen LogP contribution is -2.45. The van der Waals surface area contributed by atoms with Crippen molar-refractivity contribution in [2.24, 2.45) is 0 Å². The average molecular weight is 497 g/mol. The molecule has 186 valence electrons. The van der Waals surface area contributed by atoms with Crippen molar-refractivity contribution >= 4 is 34.4 Å². The maximum atomic E-state index is 11.4. The smallest absolute Gasteiger partial charge is 0.257 e. The summed E-state index contributed by atoms with van der Waals surface area (Å²) < 4.78 is 5.49. The number of pyridine rings is 1. The van der Waals surface area contributed by atoms with E-state index in [0.29, 0.717) is 28.3 Å². The molecule has 0 atom stereocenters. The summed E-state index contributed by atoms with van der Waals surface area (Å²) in [6, 6.07) is 8.62. The molecule has 8 nitrogen and oxygen atoms in total.